The summed E-state index contributed by atoms with van der Waals surface area (Å²) in [4.78, 5) is 13.4. The van der Waals surface area contributed by atoms with Gasteiger partial charge in [0.05, 0.1) is 28.6 Å². The molecule has 6 nitrogen and oxygen atoms in total. The number of nitrogens with one attached hydrogen (secondary N) is 1. The van der Waals surface area contributed by atoms with Crippen molar-refractivity contribution in [2.75, 3.05) is 13.7 Å². The van der Waals surface area contributed by atoms with Crippen LogP contribution in [0, 0.1) is 0 Å². The smallest absolute Gasteiger partial charge is 0.273 e. The van der Waals surface area contributed by atoms with Gasteiger partial charge < -0.3 is 14.8 Å². The molecule has 0 aliphatic heterocycles. The lowest BCUT2D eigenvalue weighted by atomic mass is 9.97. The maximum atomic E-state index is 14.2. The molecule has 0 bridgehead atoms. The van der Waals surface area contributed by atoms with Crippen molar-refractivity contribution in [2.45, 2.75) is 64.1 Å². The number of rotatable bonds is 9. The average molecular weight is 581 g/mol. The van der Waals surface area contributed by atoms with Gasteiger partial charge in [-0.15, -0.1) is 0 Å². The number of ether oxygens (including phenoxy) is 2. The third-order valence-corrected chi connectivity index (χ3v) is 8.82. The molecule has 1 N–H and O–H groups in total. The molecular weight excluding hydrogens is 548 g/mol. The van der Waals surface area contributed by atoms with Crippen molar-refractivity contribution < 1.29 is 23.0 Å². The van der Waals surface area contributed by atoms with Gasteiger partial charge in [-0.25, -0.2) is 13.5 Å². The number of fused-ring (bicyclic) bond motifs is 2. The van der Waals surface area contributed by atoms with E-state index in [-0.39, 0.29) is 24.6 Å². The standard InChI is InChI=1S/C26H32BrF2N3O3Si/c1-16(17-7-6-8-21-18(17)9-10-26(21,28)29)30-25(33)19-13-22(27)24(34-2)20-14-32(31-23(19)20)15-35-11-12-36(3,4)5/h6-8,13-14,16H,9-12,15H2,1-5H3,(H,30,33)/t16-/m1/s1. The van der Waals surface area contributed by atoms with Crippen LogP contribution in [0.5, 0.6) is 5.75 Å². The molecule has 194 valence electrons. The van der Waals surface area contributed by atoms with Gasteiger partial charge in [0.2, 0.25) is 0 Å². The first kappa shape index (κ1) is 26.8. The molecule has 0 saturated carbocycles. The molecule has 0 radical (unpaired) electrons. The van der Waals surface area contributed by atoms with Crippen molar-refractivity contribution in [2.24, 2.45) is 0 Å². The van der Waals surface area contributed by atoms with Crippen LogP contribution in [0.4, 0.5) is 8.78 Å². The fraction of sp³-hybridized carbons (Fsp3) is 0.462. The van der Waals surface area contributed by atoms with Gasteiger partial charge in [0.1, 0.15) is 18.0 Å². The Balaban J connectivity index is 1.59. The summed E-state index contributed by atoms with van der Waals surface area (Å²) in [6, 6.07) is 7.17. The predicted octanol–water partition coefficient (Wildman–Crippen LogP) is 6.65. The first-order valence-corrected chi connectivity index (χ1v) is 16.5. The normalized spacial score (nSPS) is 15.7. The zero-order valence-electron chi connectivity index (χ0n) is 21.3. The van der Waals surface area contributed by atoms with Gasteiger partial charge in [0.25, 0.3) is 11.8 Å². The van der Waals surface area contributed by atoms with Crippen molar-refractivity contribution in [1.29, 1.82) is 0 Å². The molecule has 1 aromatic heterocycles. The number of carbonyl (C=O) groups is 1. The Morgan fingerprint density at radius 3 is 2.78 bits per heavy atom. The van der Waals surface area contributed by atoms with Gasteiger partial charge in [-0.2, -0.15) is 5.10 Å². The fourth-order valence-corrected chi connectivity index (χ4v) is 5.92. The molecule has 1 aliphatic rings. The lowest BCUT2D eigenvalue weighted by Gasteiger charge is -2.19. The van der Waals surface area contributed by atoms with E-state index in [2.05, 4.69) is 46.0 Å². The zero-order valence-corrected chi connectivity index (χ0v) is 23.8. The zero-order chi connectivity index (χ0) is 26.3. The number of hydrogen-bond donors (Lipinski definition) is 1. The molecular formula is C26H32BrF2N3O3Si. The van der Waals surface area contributed by atoms with Crippen LogP contribution in [0.2, 0.25) is 25.7 Å². The van der Waals surface area contributed by atoms with Gasteiger partial charge in [0, 0.05) is 32.9 Å². The van der Waals surface area contributed by atoms with Gasteiger partial charge in [-0.3, -0.25) is 4.79 Å². The van der Waals surface area contributed by atoms with Crippen LogP contribution < -0.4 is 10.1 Å². The molecule has 0 unspecified atom stereocenters. The summed E-state index contributed by atoms with van der Waals surface area (Å²) in [5.74, 6) is -2.60. The third kappa shape index (κ3) is 5.50. The van der Waals surface area contributed by atoms with Crippen molar-refractivity contribution in [3.8, 4) is 5.75 Å². The Morgan fingerprint density at radius 2 is 2.08 bits per heavy atom. The molecule has 4 rings (SSSR count). The van der Waals surface area contributed by atoms with Crippen LogP contribution in [-0.4, -0.2) is 37.5 Å². The van der Waals surface area contributed by atoms with Crippen molar-refractivity contribution in [3.05, 3.63) is 57.2 Å². The van der Waals surface area contributed by atoms with Crippen LogP contribution in [0.3, 0.4) is 0 Å². The molecule has 0 fully saturated rings. The van der Waals surface area contributed by atoms with Gasteiger partial charge in [0.15, 0.2) is 0 Å². The molecule has 1 amide bonds. The van der Waals surface area contributed by atoms with Crippen LogP contribution in [-0.2, 0) is 23.8 Å². The summed E-state index contributed by atoms with van der Waals surface area (Å²) in [5, 5.41) is 8.28. The number of benzene rings is 2. The van der Waals surface area contributed by atoms with Crippen molar-refractivity contribution in [3.63, 3.8) is 0 Å². The number of halogens is 3. The summed E-state index contributed by atoms with van der Waals surface area (Å²) in [6.07, 6.45) is 1.89. The minimum Gasteiger partial charge on any atom is -0.495 e. The first-order chi connectivity index (χ1) is 16.9. The Kier molecular flexibility index (Phi) is 7.59. The largest absolute Gasteiger partial charge is 0.495 e. The highest BCUT2D eigenvalue weighted by atomic mass is 79.9. The summed E-state index contributed by atoms with van der Waals surface area (Å²) in [6.45, 7) is 9.61. The predicted molar refractivity (Wildman–Crippen MR) is 143 cm³/mol. The molecule has 0 spiro atoms. The summed E-state index contributed by atoms with van der Waals surface area (Å²) < 4.78 is 42.2. The molecule has 1 aliphatic carbocycles. The SMILES string of the molecule is COc1c(Br)cc(C(=O)N[C@H](C)c2cccc3c2CCC3(F)F)c2nn(COCC[Si](C)(C)C)cc12. The van der Waals surface area contributed by atoms with Gasteiger partial charge in [-0.1, -0.05) is 37.8 Å². The Morgan fingerprint density at radius 1 is 1.33 bits per heavy atom. The minimum atomic E-state index is -2.83. The van der Waals surface area contributed by atoms with E-state index < -0.39 is 20.0 Å². The van der Waals surface area contributed by atoms with Crippen LogP contribution >= 0.6 is 15.9 Å². The Labute approximate surface area is 219 Å². The van der Waals surface area contributed by atoms with Crippen LogP contribution in [0.15, 0.2) is 34.9 Å². The van der Waals surface area contributed by atoms with Crippen molar-refractivity contribution >= 4 is 40.8 Å². The second-order valence-corrected chi connectivity index (χ2v) is 17.0. The number of nitrogens with zero attached hydrogens (tertiary/aromatic N) is 2. The Bertz CT molecular complexity index is 1290. The maximum Gasteiger partial charge on any atom is 0.273 e. The van der Waals surface area contributed by atoms with Crippen LogP contribution in [0.25, 0.3) is 10.9 Å². The summed E-state index contributed by atoms with van der Waals surface area (Å²) in [7, 11) is 0.357. The average Bonchev–Trinajstić information content (AvgIpc) is 3.36. The van der Waals surface area contributed by atoms with Crippen LogP contribution in [0.1, 0.15) is 46.4 Å². The molecule has 10 heteroatoms. The van der Waals surface area contributed by atoms with E-state index in [4.69, 9.17) is 9.47 Å². The number of amides is 1. The molecule has 2 aromatic carbocycles. The molecule has 36 heavy (non-hydrogen) atoms. The molecule has 1 heterocycles. The van der Waals surface area contributed by atoms with Crippen molar-refractivity contribution in [1.82, 2.24) is 15.1 Å². The number of methoxy groups -OCH3 is 1. The van der Waals surface area contributed by atoms with E-state index in [1.165, 1.54) is 6.07 Å². The monoisotopic (exact) mass is 579 g/mol. The quantitative estimate of drug-likeness (QED) is 0.228. The highest BCUT2D eigenvalue weighted by molar-refractivity contribution is 9.10. The fourth-order valence-electron chi connectivity index (χ4n) is 4.56. The molecule has 3 aromatic rings. The lowest BCUT2D eigenvalue weighted by Crippen LogP contribution is -2.27. The number of hydrogen-bond acceptors (Lipinski definition) is 4. The molecule has 1 atom stereocenters. The van der Waals surface area contributed by atoms with E-state index in [9.17, 15) is 13.6 Å². The lowest BCUT2D eigenvalue weighted by molar-refractivity contribution is -0.00185. The van der Waals surface area contributed by atoms with Gasteiger partial charge >= 0.3 is 0 Å². The van der Waals surface area contributed by atoms with E-state index in [0.29, 0.717) is 50.8 Å². The van der Waals surface area contributed by atoms with E-state index in [1.54, 1.807) is 36.2 Å². The third-order valence-electron chi connectivity index (χ3n) is 6.53. The first-order valence-electron chi connectivity index (χ1n) is 12.0. The second-order valence-electron chi connectivity index (χ2n) is 10.5. The summed E-state index contributed by atoms with van der Waals surface area (Å²) >= 11 is 3.50. The van der Waals surface area contributed by atoms with Gasteiger partial charge in [-0.05, 0) is 52.5 Å². The number of carbonyl (C=O) groups excluding carboxylic acids is 1. The highest BCUT2D eigenvalue weighted by Gasteiger charge is 2.40. The Hall–Kier alpha value is -2.30. The summed E-state index contributed by atoms with van der Waals surface area (Å²) in [5.41, 5.74) is 2.24. The van der Waals surface area contributed by atoms with E-state index in [0.717, 1.165) is 6.04 Å². The molecule has 0 saturated heterocycles. The number of aromatic nitrogens is 2. The maximum absolute atomic E-state index is 14.2. The number of alkyl halides is 2. The minimum absolute atomic E-state index is 0.0588. The highest BCUT2D eigenvalue weighted by Crippen LogP contribution is 2.44. The topological polar surface area (TPSA) is 65.4 Å². The van der Waals surface area contributed by atoms with E-state index in [1.807, 2.05) is 6.92 Å². The second kappa shape index (κ2) is 10.2. The van der Waals surface area contributed by atoms with E-state index >= 15 is 0 Å².